The fourth-order valence-electron chi connectivity index (χ4n) is 7.51. The van der Waals surface area contributed by atoms with Crippen molar-refractivity contribution in [1.82, 2.24) is 19.1 Å². The molecule has 10 rings (SSSR count). The van der Waals surface area contributed by atoms with E-state index in [0.717, 1.165) is 55.5 Å². The van der Waals surface area contributed by atoms with Crippen molar-refractivity contribution in [3.8, 4) is 22.8 Å². The lowest BCUT2D eigenvalue weighted by atomic mass is 10.00. The van der Waals surface area contributed by atoms with E-state index in [1.54, 1.807) is 0 Å². The third kappa shape index (κ3) is 5.02. The number of carbonyl (C=O) groups excluding carboxylic acids is 1. The van der Waals surface area contributed by atoms with Gasteiger partial charge in [-0.3, -0.25) is 4.79 Å². The molecule has 0 aliphatic heterocycles. The topological polar surface area (TPSA) is 52.7 Å². The van der Waals surface area contributed by atoms with Crippen molar-refractivity contribution < 1.29 is 4.79 Å². The van der Waals surface area contributed by atoms with Crippen LogP contribution in [-0.2, 0) is 14.1 Å². The Kier molecular flexibility index (Phi) is 7.48. The fraction of sp³-hybridized carbons (Fsp3) is 0.0444. The second kappa shape index (κ2) is 12.3. The van der Waals surface area contributed by atoms with Crippen LogP contribution in [0.3, 0.4) is 0 Å². The second-order valence-corrected chi connectivity index (χ2v) is 13.7. The average Bonchev–Trinajstić information content (AvgIpc) is 3.73. The lowest BCUT2D eigenvalue weighted by Crippen LogP contribution is -1.93. The Labute approximate surface area is 302 Å². The Morgan fingerprint density at radius 1 is 0.451 bits per heavy atom. The number of benzene rings is 8. The van der Waals surface area contributed by atoms with E-state index >= 15 is 0 Å². The van der Waals surface area contributed by atoms with Gasteiger partial charge in [0, 0.05) is 56.8 Å². The summed E-state index contributed by atoms with van der Waals surface area (Å²) < 4.78 is 5.44. The van der Waals surface area contributed by atoms with Crippen LogP contribution in [0.2, 0.25) is 0 Å². The Morgan fingerprint density at radius 2 is 0.784 bits per heavy atom. The molecular weight excluding hydrogens is 692 g/mol. The molecule has 0 unspecified atom stereocenters. The van der Waals surface area contributed by atoms with Crippen molar-refractivity contribution >= 4 is 87.4 Å². The number of aldehydes is 1. The van der Waals surface area contributed by atoms with E-state index in [1.807, 2.05) is 24.3 Å². The summed E-state index contributed by atoms with van der Waals surface area (Å²) in [7, 11) is 4.16. The van der Waals surface area contributed by atoms with Crippen LogP contribution in [0.1, 0.15) is 10.4 Å². The van der Waals surface area contributed by atoms with E-state index in [2.05, 4.69) is 160 Å². The van der Waals surface area contributed by atoms with Crippen molar-refractivity contribution in [2.45, 2.75) is 0 Å². The summed E-state index contributed by atoms with van der Waals surface area (Å²) in [5.41, 5.74) is 7.19. The Morgan fingerprint density at radius 3 is 1.18 bits per heavy atom. The highest BCUT2D eigenvalue weighted by Crippen LogP contribution is 2.38. The summed E-state index contributed by atoms with van der Waals surface area (Å²) >= 11 is 3.51. The van der Waals surface area contributed by atoms with Crippen LogP contribution in [0.25, 0.3) is 87.9 Å². The highest BCUT2D eigenvalue weighted by molar-refractivity contribution is 9.10. The van der Waals surface area contributed by atoms with Gasteiger partial charge >= 0.3 is 0 Å². The quantitative estimate of drug-likeness (QED) is 0.135. The third-order valence-corrected chi connectivity index (χ3v) is 10.4. The minimum atomic E-state index is 0.670. The molecule has 0 atom stereocenters. The molecule has 0 aliphatic rings. The minimum Gasteiger partial charge on any atom is -0.327 e. The lowest BCUT2D eigenvalue weighted by molar-refractivity contribution is 0.112. The number of carbonyl (C=O) groups is 1. The molecule has 2 heterocycles. The summed E-state index contributed by atoms with van der Waals surface area (Å²) in [4.78, 5) is 21.0. The van der Waals surface area contributed by atoms with E-state index in [4.69, 9.17) is 9.97 Å². The molecule has 0 fully saturated rings. The lowest BCUT2D eigenvalue weighted by Gasteiger charge is -2.08. The zero-order valence-corrected chi connectivity index (χ0v) is 29.6. The first kappa shape index (κ1) is 30.9. The summed E-state index contributed by atoms with van der Waals surface area (Å²) in [5, 5.41) is 9.80. The molecule has 6 heteroatoms. The molecule has 244 valence electrons. The van der Waals surface area contributed by atoms with Crippen LogP contribution in [0.5, 0.6) is 0 Å². The van der Waals surface area contributed by atoms with Crippen molar-refractivity contribution in [2.75, 3.05) is 0 Å². The molecule has 5 nitrogen and oxygen atoms in total. The van der Waals surface area contributed by atoms with Crippen LogP contribution in [0.4, 0.5) is 0 Å². The largest absolute Gasteiger partial charge is 0.327 e. The smallest absolute Gasteiger partial charge is 0.150 e. The SMILES string of the molecule is Cn1c(-c2ccc(Br)cc2)nc2c3ccccc3c3ccccc3c21.Cn1c(-c2ccc(C=O)cc2)nc2c3ccccc3c3ccccc3c21. The van der Waals surface area contributed by atoms with Crippen LogP contribution in [-0.4, -0.2) is 25.4 Å². The van der Waals surface area contributed by atoms with Crippen LogP contribution >= 0.6 is 15.9 Å². The summed E-state index contributed by atoms with van der Waals surface area (Å²) in [5.74, 6) is 1.89. The van der Waals surface area contributed by atoms with Gasteiger partial charge in [0.2, 0.25) is 0 Å². The highest BCUT2D eigenvalue weighted by atomic mass is 79.9. The number of hydrogen-bond acceptors (Lipinski definition) is 3. The molecule has 10 aromatic rings. The minimum absolute atomic E-state index is 0.670. The summed E-state index contributed by atoms with van der Waals surface area (Å²) in [6.45, 7) is 0. The van der Waals surface area contributed by atoms with Crippen molar-refractivity contribution in [3.05, 3.63) is 156 Å². The summed E-state index contributed by atoms with van der Waals surface area (Å²) in [6.07, 6.45) is 0.861. The number of fused-ring (bicyclic) bond motifs is 12. The number of imidazole rings is 2. The highest BCUT2D eigenvalue weighted by Gasteiger charge is 2.18. The van der Waals surface area contributed by atoms with Gasteiger partial charge in [-0.25, -0.2) is 9.97 Å². The normalized spacial score (nSPS) is 11.5. The molecule has 0 saturated carbocycles. The van der Waals surface area contributed by atoms with E-state index in [1.165, 1.54) is 43.2 Å². The molecule has 8 aromatic carbocycles. The van der Waals surface area contributed by atoms with Gasteiger partial charge in [0.05, 0.1) is 22.1 Å². The number of aryl methyl sites for hydroxylation is 2. The van der Waals surface area contributed by atoms with Gasteiger partial charge in [0.15, 0.2) is 0 Å². The molecule has 0 radical (unpaired) electrons. The number of rotatable bonds is 3. The van der Waals surface area contributed by atoms with Gasteiger partial charge < -0.3 is 9.13 Å². The number of hydrogen-bond donors (Lipinski definition) is 0. The molecule has 0 spiro atoms. The van der Waals surface area contributed by atoms with Gasteiger partial charge in [-0.1, -0.05) is 149 Å². The maximum absolute atomic E-state index is 10.9. The predicted octanol–water partition coefficient (Wildman–Crippen LogP) is 11.7. The van der Waals surface area contributed by atoms with E-state index < -0.39 is 0 Å². The van der Waals surface area contributed by atoms with Crippen LogP contribution in [0.15, 0.2) is 150 Å². The average molecular weight is 724 g/mol. The number of halogens is 1. The number of nitrogens with zero attached hydrogens (tertiary/aromatic N) is 4. The van der Waals surface area contributed by atoms with E-state index in [-0.39, 0.29) is 0 Å². The van der Waals surface area contributed by atoms with Gasteiger partial charge in [-0.05, 0) is 33.7 Å². The Balaban J connectivity index is 0.000000137. The molecule has 2 aromatic heterocycles. The molecule has 51 heavy (non-hydrogen) atoms. The van der Waals surface area contributed by atoms with E-state index in [0.29, 0.717) is 5.56 Å². The molecule has 0 N–H and O–H groups in total. The third-order valence-electron chi connectivity index (χ3n) is 9.91. The van der Waals surface area contributed by atoms with Gasteiger partial charge in [-0.2, -0.15) is 0 Å². The molecular formula is C45H31BrN4O. The molecule has 0 aliphatic carbocycles. The van der Waals surface area contributed by atoms with Crippen molar-refractivity contribution in [3.63, 3.8) is 0 Å². The predicted molar refractivity (Wildman–Crippen MR) is 215 cm³/mol. The zero-order chi connectivity index (χ0) is 34.6. The van der Waals surface area contributed by atoms with Crippen LogP contribution in [0, 0.1) is 0 Å². The Bertz CT molecular complexity index is 2960. The first-order valence-corrected chi connectivity index (χ1v) is 17.6. The maximum atomic E-state index is 10.9. The van der Waals surface area contributed by atoms with Gasteiger partial charge in [0.25, 0.3) is 0 Å². The van der Waals surface area contributed by atoms with Crippen molar-refractivity contribution in [1.29, 1.82) is 0 Å². The van der Waals surface area contributed by atoms with Crippen molar-refractivity contribution in [2.24, 2.45) is 14.1 Å². The van der Waals surface area contributed by atoms with Gasteiger partial charge in [-0.15, -0.1) is 0 Å². The van der Waals surface area contributed by atoms with Crippen LogP contribution < -0.4 is 0 Å². The van der Waals surface area contributed by atoms with E-state index in [9.17, 15) is 4.79 Å². The molecule has 0 saturated heterocycles. The first-order valence-electron chi connectivity index (χ1n) is 16.8. The van der Waals surface area contributed by atoms with Gasteiger partial charge in [0.1, 0.15) is 17.9 Å². The second-order valence-electron chi connectivity index (χ2n) is 12.8. The monoisotopic (exact) mass is 722 g/mol. The zero-order valence-electron chi connectivity index (χ0n) is 28.0. The maximum Gasteiger partial charge on any atom is 0.150 e. The molecule has 0 bridgehead atoms. The molecule has 0 amide bonds. The fourth-order valence-corrected chi connectivity index (χ4v) is 7.78. The number of aromatic nitrogens is 4. The Hall–Kier alpha value is -6.11. The first-order chi connectivity index (χ1) is 25.0. The standard InChI is InChI=1S/C23H16N2O.C22H15BrN2/c1-25-22-20-9-5-3-7-18(20)17-6-2-4-8-19(17)21(22)24-23(25)16-12-10-15(14-26)11-13-16;1-25-21-19-9-5-3-7-17(19)16-6-2-4-8-18(16)20(21)24-22(25)14-10-12-15(23)13-11-14/h2-14H,1H3;2-13H,1H3. The summed E-state index contributed by atoms with van der Waals surface area (Å²) in [6, 6.07) is 49.9.